The van der Waals surface area contributed by atoms with Crippen LogP contribution in [0.25, 0.3) is 0 Å². The Morgan fingerprint density at radius 2 is 2.00 bits per heavy atom. The van der Waals surface area contributed by atoms with E-state index in [1.165, 1.54) is 6.07 Å². The summed E-state index contributed by atoms with van der Waals surface area (Å²) in [6.07, 6.45) is 0. The van der Waals surface area contributed by atoms with Gasteiger partial charge in [-0.1, -0.05) is 40.2 Å². The lowest BCUT2D eigenvalue weighted by atomic mass is 10.1. The molecule has 1 N–H and O–H groups in total. The fourth-order valence-corrected chi connectivity index (χ4v) is 2.06. The summed E-state index contributed by atoms with van der Waals surface area (Å²) in [5.41, 5.74) is 2.32. The van der Waals surface area contributed by atoms with Crippen molar-refractivity contribution in [1.82, 2.24) is 0 Å². The van der Waals surface area contributed by atoms with Crippen LogP contribution in [-0.4, -0.2) is 11.1 Å². The SMILES string of the molecule is Cc1ccccc1COc1cc(Br)ccc1C(=O)O. The van der Waals surface area contributed by atoms with E-state index in [1.54, 1.807) is 12.1 Å². The van der Waals surface area contributed by atoms with Crippen LogP contribution >= 0.6 is 15.9 Å². The van der Waals surface area contributed by atoms with E-state index in [0.717, 1.165) is 15.6 Å². The van der Waals surface area contributed by atoms with E-state index in [0.29, 0.717) is 12.4 Å². The largest absolute Gasteiger partial charge is 0.488 e. The second-order valence-electron chi connectivity index (χ2n) is 4.16. The van der Waals surface area contributed by atoms with E-state index in [1.807, 2.05) is 31.2 Å². The maximum absolute atomic E-state index is 11.1. The van der Waals surface area contributed by atoms with Gasteiger partial charge in [0, 0.05) is 4.47 Å². The van der Waals surface area contributed by atoms with Gasteiger partial charge in [-0.25, -0.2) is 4.79 Å². The fraction of sp³-hybridized carbons (Fsp3) is 0.133. The second kappa shape index (κ2) is 5.89. The predicted molar refractivity (Wildman–Crippen MR) is 76.6 cm³/mol. The Kier molecular flexibility index (Phi) is 4.22. The van der Waals surface area contributed by atoms with Crippen LogP contribution in [0.1, 0.15) is 21.5 Å². The van der Waals surface area contributed by atoms with E-state index < -0.39 is 5.97 Å². The Morgan fingerprint density at radius 1 is 1.26 bits per heavy atom. The molecule has 0 radical (unpaired) electrons. The van der Waals surface area contributed by atoms with E-state index in [9.17, 15) is 4.79 Å². The number of carboxylic acids is 1. The van der Waals surface area contributed by atoms with Crippen molar-refractivity contribution >= 4 is 21.9 Å². The lowest BCUT2D eigenvalue weighted by molar-refractivity contribution is 0.0691. The van der Waals surface area contributed by atoms with Crippen molar-refractivity contribution in [1.29, 1.82) is 0 Å². The molecule has 4 heteroatoms. The van der Waals surface area contributed by atoms with Crippen molar-refractivity contribution in [2.75, 3.05) is 0 Å². The van der Waals surface area contributed by atoms with Gasteiger partial charge in [-0.3, -0.25) is 0 Å². The molecule has 0 amide bonds. The lowest BCUT2D eigenvalue weighted by Gasteiger charge is -2.11. The Hall–Kier alpha value is -1.81. The first-order valence-corrected chi connectivity index (χ1v) is 6.57. The van der Waals surface area contributed by atoms with Gasteiger partial charge in [0.2, 0.25) is 0 Å². The summed E-state index contributed by atoms with van der Waals surface area (Å²) >= 11 is 3.31. The summed E-state index contributed by atoms with van der Waals surface area (Å²) in [6, 6.07) is 12.7. The zero-order valence-corrected chi connectivity index (χ0v) is 12.0. The molecule has 0 aliphatic rings. The smallest absolute Gasteiger partial charge is 0.339 e. The Bertz CT molecular complexity index is 608. The first-order valence-electron chi connectivity index (χ1n) is 5.78. The molecule has 0 fully saturated rings. The predicted octanol–water partition coefficient (Wildman–Crippen LogP) is 4.03. The molecule has 2 aromatic rings. The molecular formula is C15H13BrO3. The quantitative estimate of drug-likeness (QED) is 0.924. The number of benzene rings is 2. The standard InChI is InChI=1S/C15H13BrO3/c1-10-4-2-3-5-11(10)9-19-14-8-12(16)6-7-13(14)15(17)18/h2-8H,9H2,1H3,(H,17,18). The third-order valence-corrected chi connectivity index (χ3v) is 3.31. The normalized spacial score (nSPS) is 10.2. The first-order chi connectivity index (χ1) is 9.08. The van der Waals surface area contributed by atoms with Gasteiger partial charge in [-0.05, 0) is 36.2 Å². The van der Waals surface area contributed by atoms with Crippen molar-refractivity contribution in [2.24, 2.45) is 0 Å². The van der Waals surface area contributed by atoms with Crippen LogP contribution < -0.4 is 4.74 Å². The highest BCUT2D eigenvalue weighted by molar-refractivity contribution is 9.10. The molecule has 0 saturated carbocycles. The summed E-state index contributed by atoms with van der Waals surface area (Å²) < 4.78 is 6.42. The zero-order valence-electron chi connectivity index (χ0n) is 10.4. The van der Waals surface area contributed by atoms with Gasteiger partial charge in [0.15, 0.2) is 0 Å². The molecule has 19 heavy (non-hydrogen) atoms. The van der Waals surface area contributed by atoms with Crippen LogP contribution in [0.5, 0.6) is 5.75 Å². The van der Waals surface area contributed by atoms with Crippen LogP contribution in [0.3, 0.4) is 0 Å². The fourth-order valence-electron chi connectivity index (χ4n) is 1.72. The highest BCUT2D eigenvalue weighted by Gasteiger charge is 2.12. The Balaban J connectivity index is 2.22. The van der Waals surface area contributed by atoms with E-state index in [4.69, 9.17) is 9.84 Å². The molecule has 3 nitrogen and oxygen atoms in total. The summed E-state index contributed by atoms with van der Waals surface area (Å²) in [7, 11) is 0. The first kappa shape index (κ1) is 13.6. The van der Waals surface area contributed by atoms with Gasteiger partial charge in [-0.2, -0.15) is 0 Å². The van der Waals surface area contributed by atoms with Gasteiger partial charge in [0.05, 0.1) is 0 Å². The topological polar surface area (TPSA) is 46.5 Å². The Morgan fingerprint density at radius 3 is 2.68 bits per heavy atom. The third kappa shape index (κ3) is 3.35. The molecule has 0 spiro atoms. The van der Waals surface area contributed by atoms with Crippen LogP contribution in [0, 0.1) is 6.92 Å². The van der Waals surface area contributed by atoms with Gasteiger partial charge in [0.25, 0.3) is 0 Å². The summed E-state index contributed by atoms with van der Waals surface area (Å²) in [4.78, 5) is 11.1. The van der Waals surface area contributed by atoms with Crippen LogP contribution in [-0.2, 0) is 6.61 Å². The van der Waals surface area contributed by atoms with Crippen LogP contribution in [0.2, 0.25) is 0 Å². The number of hydrogen-bond acceptors (Lipinski definition) is 2. The molecule has 2 rings (SSSR count). The highest BCUT2D eigenvalue weighted by Crippen LogP contribution is 2.25. The maximum atomic E-state index is 11.1. The number of carbonyl (C=O) groups is 1. The van der Waals surface area contributed by atoms with Crippen molar-refractivity contribution < 1.29 is 14.6 Å². The molecule has 0 saturated heterocycles. The number of aryl methyl sites for hydroxylation is 1. The number of aromatic carboxylic acids is 1. The second-order valence-corrected chi connectivity index (χ2v) is 5.08. The monoisotopic (exact) mass is 320 g/mol. The van der Waals surface area contributed by atoms with Crippen molar-refractivity contribution in [3.05, 3.63) is 63.6 Å². The van der Waals surface area contributed by atoms with Crippen molar-refractivity contribution in [3.63, 3.8) is 0 Å². The average Bonchev–Trinajstić information content (AvgIpc) is 2.37. The number of halogens is 1. The molecule has 0 bridgehead atoms. The average molecular weight is 321 g/mol. The molecular weight excluding hydrogens is 308 g/mol. The summed E-state index contributed by atoms with van der Waals surface area (Å²) in [5.74, 6) is -0.627. The molecule has 0 aliphatic heterocycles. The van der Waals surface area contributed by atoms with Crippen molar-refractivity contribution in [2.45, 2.75) is 13.5 Å². The number of carboxylic acid groups (broad SMARTS) is 1. The number of ether oxygens (including phenoxy) is 1. The van der Waals surface area contributed by atoms with Crippen molar-refractivity contribution in [3.8, 4) is 5.75 Å². The summed E-state index contributed by atoms with van der Waals surface area (Å²) in [6.45, 7) is 2.35. The number of rotatable bonds is 4. The molecule has 2 aromatic carbocycles. The summed E-state index contributed by atoms with van der Waals surface area (Å²) in [5, 5.41) is 9.11. The third-order valence-electron chi connectivity index (χ3n) is 2.82. The molecule has 0 heterocycles. The molecule has 0 atom stereocenters. The maximum Gasteiger partial charge on any atom is 0.339 e. The minimum Gasteiger partial charge on any atom is -0.488 e. The van der Waals surface area contributed by atoms with E-state index >= 15 is 0 Å². The zero-order chi connectivity index (χ0) is 13.8. The van der Waals surface area contributed by atoms with Gasteiger partial charge >= 0.3 is 5.97 Å². The lowest BCUT2D eigenvalue weighted by Crippen LogP contribution is -2.04. The number of hydrogen-bond donors (Lipinski definition) is 1. The minimum atomic E-state index is -0.993. The Labute approximate surface area is 120 Å². The van der Waals surface area contributed by atoms with E-state index in [2.05, 4.69) is 15.9 Å². The van der Waals surface area contributed by atoms with Crippen LogP contribution in [0.15, 0.2) is 46.9 Å². The molecule has 98 valence electrons. The molecule has 0 aromatic heterocycles. The van der Waals surface area contributed by atoms with Crippen LogP contribution in [0.4, 0.5) is 0 Å². The minimum absolute atomic E-state index is 0.164. The molecule has 0 unspecified atom stereocenters. The highest BCUT2D eigenvalue weighted by atomic mass is 79.9. The van der Waals surface area contributed by atoms with Gasteiger partial charge in [0.1, 0.15) is 17.9 Å². The van der Waals surface area contributed by atoms with Gasteiger partial charge < -0.3 is 9.84 Å². The van der Waals surface area contributed by atoms with E-state index in [-0.39, 0.29) is 5.56 Å². The van der Waals surface area contributed by atoms with Gasteiger partial charge in [-0.15, -0.1) is 0 Å². The molecule has 0 aliphatic carbocycles.